The average molecular weight is 381 g/mol. The summed E-state index contributed by atoms with van der Waals surface area (Å²) in [6.45, 7) is 13.3. The molecule has 2 aromatic rings. The maximum Gasteiger partial charge on any atom is 0.132 e. The molecule has 0 amide bonds. The minimum absolute atomic E-state index is 0.0633. The zero-order valence-corrected chi connectivity index (χ0v) is 17.4. The van der Waals surface area contributed by atoms with Crippen molar-refractivity contribution in [1.82, 2.24) is 24.6 Å². The van der Waals surface area contributed by atoms with E-state index in [0.717, 1.165) is 49.5 Å². The molecule has 2 saturated heterocycles. The summed E-state index contributed by atoms with van der Waals surface area (Å²) < 4.78 is 2.24. The highest BCUT2D eigenvalue weighted by Gasteiger charge is 2.40. The molecule has 150 valence electrons. The number of rotatable bonds is 3. The van der Waals surface area contributed by atoms with E-state index in [0.29, 0.717) is 0 Å². The second-order valence-electron chi connectivity index (χ2n) is 9.94. The highest BCUT2D eigenvalue weighted by atomic mass is 15.3. The van der Waals surface area contributed by atoms with Crippen molar-refractivity contribution in [3.8, 4) is 0 Å². The summed E-state index contributed by atoms with van der Waals surface area (Å²) in [6.07, 6.45) is 5.52. The van der Waals surface area contributed by atoms with Gasteiger partial charge in [0.2, 0.25) is 0 Å². The Kier molecular flexibility index (Phi) is 4.42. The maximum absolute atomic E-state index is 4.85. The van der Waals surface area contributed by atoms with Gasteiger partial charge in [-0.05, 0) is 37.2 Å². The van der Waals surface area contributed by atoms with Crippen molar-refractivity contribution in [2.75, 3.05) is 31.1 Å². The van der Waals surface area contributed by atoms with Gasteiger partial charge in [0.05, 0.1) is 11.4 Å². The monoisotopic (exact) mass is 380 g/mol. The zero-order valence-electron chi connectivity index (χ0n) is 17.4. The molecule has 5 heterocycles. The standard InChI is InChI=1S/C22H32N6/c1-22(2,3)20-9-21(24-15-23-20)27-12-16-10-26(11-17(16)13-27)14-18-8-19-6-4-5-7-28(19)25-18/h8-9,15-17H,4-7,10-14H2,1-3H3. The molecule has 2 unspecified atom stereocenters. The van der Waals surface area contributed by atoms with E-state index in [4.69, 9.17) is 5.10 Å². The van der Waals surface area contributed by atoms with Crippen molar-refractivity contribution in [3.05, 3.63) is 35.5 Å². The molecule has 0 saturated carbocycles. The van der Waals surface area contributed by atoms with E-state index in [-0.39, 0.29) is 5.41 Å². The molecule has 28 heavy (non-hydrogen) atoms. The Labute approximate surface area is 168 Å². The van der Waals surface area contributed by atoms with Crippen LogP contribution in [0.5, 0.6) is 0 Å². The minimum Gasteiger partial charge on any atom is -0.356 e. The number of likely N-dealkylation sites (tertiary alicyclic amines) is 1. The largest absolute Gasteiger partial charge is 0.356 e. The third kappa shape index (κ3) is 3.43. The predicted molar refractivity (Wildman–Crippen MR) is 110 cm³/mol. The number of anilines is 1. The average Bonchev–Trinajstić information content (AvgIpc) is 3.33. The molecular weight excluding hydrogens is 348 g/mol. The summed E-state index contributed by atoms with van der Waals surface area (Å²) in [4.78, 5) is 14.1. The lowest BCUT2D eigenvalue weighted by Gasteiger charge is -2.24. The molecule has 0 spiro atoms. The summed E-state index contributed by atoms with van der Waals surface area (Å²) >= 11 is 0. The topological polar surface area (TPSA) is 50.1 Å². The first-order chi connectivity index (χ1) is 13.5. The lowest BCUT2D eigenvalue weighted by Crippen LogP contribution is -2.29. The van der Waals surface area contributed by atoms with Gasteiger partial charge >= 0.3 is 0 Å². The van der Waals surface area contributed by atoms with Gasteiger partial charge in [-0.15, -0.1) is 0 Å². The normalized spacial score (nSPS) is 25.2. The Bertz CT molecular complexity index is 813. The Morgan fingerprint density at radius 2 is 1.79 bits per heavy atom. The molecule has 0 radical (unpaired) electrons. The van der Waals surface area contributed by atoms with E-state index in [1.54, 1.807) is 6.33 Å². The quantitative estimate of drug-likeness (QED) is 0.819. The van der Waals surface area contributed by atoms with E-state index in [1.807, 2.05) is 0 Å². The van der Waals surface area contributed by atoms with E-state index in [1.165, 1.54) is 43.7 Å². The van der Waals surface area contributed by atoms with Crippen molar-refractivity contribution in [2.24, 2.45) is 11.8 Å². The van der Waals surface area contributed by atoms with E-state index in [9.17, 15) is 0 Å². The van der Waals surface area contributed by atoms with Crippen molar-refractivity contribution < 1.29 is 0 Å². The first-order valence-corrected chi connectivity index (χ1v) is 10.8. The molecule has 0 aromatic carbocycles. The third-order valence-corrected chi connectivity index (χ3v) is 6.66. The maximum atomic E-state index is 4.85. The van der Waals surface area contributed by atoms with Crippen LogP contribution in [0, 0.1) is 11.8 Å². The first kappa shape index (κ1) is 18.1. The number of aryl methyl sites for hydroxylation is 2. The van der Waals surface area contributed by atoms with Gasteiger partial charge in [0.1, 0.15) is 12.1 Å². The van der Waals surface area contributed by atoms with Crippen LogP contribution >= 0.6 is 0 Å². The number of fused-ring (bicyclic) bond motifs is 2. The second-order valence-corrected chi connectivity index (χ2v) is 9.94. The van der Waals surface area contributed by atoms with Crippen LogP contribution in [0.3, 0.4) is 0 Å². The van der Waals surface area contributed by atoms with Crippen LogP contribution in [-0.2, 0) is 24.9 Å². The number of hydrogen-bond acceptors (Lipinski definition) is 5. The van der Waals surface area contributed by atoms with Crippen LogP contribution in [0.25, 0.3) is 0 Å². The molecule has 0 bridgehead atoms. The molecule has 2 fully saturated rings. The first-order valence-electron chi connectivity index (χ1n) is 10.8. The van der Waals surface area contributed by atoms with Crippen LogP contribution < -0.4 is 4.90 Å². The van der Waals surface area contributed by atoms with Gasteiger partial charge in [0.15, 0.2) is 0 Å². The molecule has 3 aliphatic rings. The van der Waals surface area contributed by atoms with E-state index >= 15 is 0 Å². The molecule has 6 nitrogen and oxygen atoms in total. The van der Waals surface area contributed by atoms with E-state index < -0.39 is 0 Å². The predicted octanol–water partition coefficient (Wildman–Crippen LogP) is 2.88. The van der Waals surface area contributed by atoms with Crippen LogP contribution in [0.1, 0.15) is 50.7 Å². The highest BCUT2D eigenvalue weighted by molar-refractivity contribution is 5.42. The number of nitrogens with zero attached hydrogens (tertiary/aromatic N) is 6. The van der Waals surface area contributed by atoms with Crippen LogP contribution in [0.2, 0.25) is 0 Å². The Morgan fingerprint density at radius 3 is 2.50 bits per heavy atom. The summed E-state index contributed by atoms with van der Waals surface area (Å²) in [5.74, 6) is 2.58. The number of hydrogen-bond donors (Lipinski definition) is 0. The summed E-state index contributed by atoms with van der Waals surface area (Å²) in [5, 5.41) is 4.85. The van der Waals surface area contributed by atoms with E-state index in [2.05, 4.69) is 57.4 Å². The SMILES string of the molecule is CC(C)(C)c1cc(N2CC3CN(Cc4cc5n(n4)CCCC5)CC3C2)ncn1. The van der Waals surface area contributed by atoms with Gasteiger partial charge in [-0.25, -0.2) is 9.97 Å². The highest BCUT2D eigenvalue weighted by Crippen LogP contribution is 2.34. The van der Waals surface area contributed by atoms with Crippen molar-refractivity contribution in [1.29, 1.82) is 0 Å². The Hall–Kier alpha value is -1.95. The van der Waals surface area contributed by atoms with Gasteiger partial charge in [-0.2, -0.15) is 5.10 Å². The Morgan fingerprint density at radius 1 is 1.00 bits per heavy atom. The fourth-order valence-corrected chi connectivity index (χ4v) is 5.12. The molecule has 5 rings (SSSR count). The van der Waals surface area contributed by atoms with Crippen LogP contribution in [0.4, 0.5) is 5.82 Å². The van der Waals surface area contributed by atoms with Crippen molar-refractivity contribution in [2.45, 2.75) is 58.5 Å². The molecule has 0 N–H and O–H groups in total. The molecule has 2 atom stereocenters. The Balaban J connectivity index is 1.21. The molecule has 6 heteroatoms. The minimum atomic E-state index is 0.0633. The fraction of sp³-hybridized carbons (Fsp3) is 0.682. The van der Waals surface area contributed by atoms with Crippen molar-refractivity contribution >= 4 is 5.82 Å². The van der Waals surface area contributed by atoms with Gasteiger partial charge < -0.3 is 4.90 Å². The van der Waals surface area contributed by atoms with Gasteiger partial charge in [0, 0.05) is 56.4 Å². The smallest absolute Gasteiger partial charge is 0.132 e. The molecule has 3 aliphatic heterocycles. The number of aromatic nitrogens is 4. The molecule has 2 aromatic heterocycles. The van der Waals surface area contributed by atoms with Crippen LogP contribution in [-0.4, -0.2) is 50.8 Å². The summed E-state index contributed by atoms with van der Waals surface area (Å²) in [6, 6.07) is 4.53. The van der Waals surface area contributed by atoms with Crippen LogP contribution in [0.15, 0.2) is 18.5 Å². The van der Waals surface area contributed by atoms with Gasteiger partial charge in [-0.1, -0.05) is 20.8 Å². The lowest BCUT2D eigenvalue weighted by atomic mass is 9.92. The summed E-state index contributed by atoms with van der Waals surface area (Å²) in [5.41, 5.74) is 3.89. The van der Waals surface area contributed by atoms with Gasteiger partial charge in [0.25, 0.3) is 0 Å². The van der Waals surface area contributed by atoms with Crippen molar-refractivity contribution in [3.63, 3.8) is 0 Å². The zero-order chi connectivity index (χ0) is 19.3. The lowest BCUT2D eigenvalue weighted by molar-refractivity contribution is 0.303. The summed E-state index contributed by atoms with van der Waals surface area (Å²) in [7, 11) is 0. The second kappa shape index (κ2) is 6.83. The molecule has 0 aliphatic carbocycles. The third-order valence-electron chi connectivity index (χ3n) is 6.66. The fourth-order valence-electron chi connectivity index (χ4n) is 5.12. The van der Waals surface area contributed by atoms with Gasteiger partial charge in [-0.3, -0.25) is 9.58 Å². The molecular formula is C22H32N6.